The van der Waals surface area contributed by atoms with Crippen molar-refractivity contribution in [3.8, 4) is 0 Å². The number of hydrogen-bond acceptors (Lipinski definition) is 11. The average molecular weight is 838 g/mol. The van der Waals surface area contributed by atoms with Crippen LogP contribution in [0, 0.1) is 5.92 Å². The van der Waals surface area contributed by atoms with Crippen molar-refractivity contribution >= 4 is 54.9 Å². The van der Waals surface area contributed by atoms with E-state index >= 15 is 0 Å². The number of piperidine rings is 1. The number of alkyl halides is 3. The third-order valence-electron chi connectivity index (χ3n) is 9.73. The van der Waals surface area contributed by atoms with E-state index in [-0.39, 0.29) is 5.56 Å². The van der Waals surface area contributed by atoms with Crippen LogP contribution in [0.1, 0.15) is 36.5 Å². The van der Waals surface area contributed by atoms with E-state index in [2.05, 4.69) is 21.7 Å². The molecule has 2 saturated heterocycles. The number of halogens is 3. The van der Waals surface area contributed by atoms with Crippen LogP contribution >= 0.6 is 11.8 Å². The number of hydrogen-bond donors (Lipinski definition) is 3. The Morgan fingerprint density at radius 2 is 1.55 bits per heavy atom. The monoisotopic (exact) mass is 837 g/mol. The molecule has 0 bridgehead atoms. The molecule has 1 amide bonds. The lowest BCUT2D eigenvalue weighted by atomic mass is 9.97. The van der Waals surface area contributed by atoms with Crippen molar-refractivity contribution in [1.82, 2.24) is 14.5 Å². The van der Waals surface area contributed by atoms with Crippen molar-refractivity contribution in [2.75, 3.05) is 68.3 Å². The average Bonchev–Trinajstić information content (AvgIpc) is 3.16. The van der Waals surface area contributed by atoms with Crippen LogP contribution in [-0.2, 0) is 24.7 Å². The van der Waals surface area contributed by atoms with E-state index in [0.29, 0.717) is 50.7 Å². The number of benzene rings is 3. The van der Waals surface area contributed by atoms with Gasteiger partial charge in [-0.3, -0.25) is 14.5 Å². The number of carboxylic acids is 1. The molecule has 5 rings (SSSR count). The maximum atomic E-state index is 14.1. The van der Waals surface area contributed by atoms with Crippen molar-refractivity contribution in [3.63, 3.8) is 0 Å². The standard InChI is InChI=1S/C38H46F3N5O7S3/c1-27(2)25-45-20-22-46(23-21-45)31-10-8-28(9-11-31)36(47)43-56(52,53)33-12-13-34(35(24-33)55(50,51)38(39,40)41)42-30(26-54-32-6-4-3-5-7-32)16-19-44-17-14-29(15-18-44)37(48)49/h3-13,24,29-30,42H,1,14-23,25-26H2,2H3,(H,43,47)(H,48,49)/t30-/m1/s1. The van der Waals surface area contributed by atoms with Crippen molar-refractivity contribution in [3.05, 3.63) is 90.5 Å². The number of piperazine rings is 1. The fourth-order valence-electron chi connectivity index (χ4n) is 6.62. The zero-order valence-corrected chi connectivity index (χ0v) is 33.3. The first-order chi connectivity index (χ1) is 26.4. The number of nitrogens with one attached hydrogen (secondary N) is 2. The van der Waals surface area contributed by atoms with Gasteiger partial charge in [-0.2, -0.15) is 13.2 Å². The molecule has 0 radical (unpaired) electrons. The fraction of sp³-hybridized carbons (Fsp3) is 0.421. The van der Waals surface area contributed by atoms with Crippen molar-refractivity contribution in [1.29, 1.82) is 0 Å². The van der Waals surface area contributed by atoms with Crippen LogP contribution in [-0.4, -0.2) is 113 Å². The molecule has 2 aliphatic heterocycles. The Labute approximate surface area is 330 Å². The minimum Gasteiger partial charge on any atom is -0.481 e. The molecule has 3 N–H and O–H groups in total. The summed E-state index contributed by atoms with van der Waals surface area (Å²) in [4.78, 5) is 29.7. The Hall–Kier alpha value is -4.10. The molecular formula is C38H46F3N5O7S3. The van der Waals surface area contributed by atoms with Gasteiger partial charge in [0.15, 0.2) is 0 Å². The lowest BCUT2D eigenvalue weighted by molar-refractivity contribution is -0.143. The van der Waals surface area contributed by atoms with Crippen LogP contribution in [0.3, 0.4) is 0 Å². The maximum Gasteiger partial charge on any atom is 0.501 e. The second-order valence-electron chi connectivity index (χ2n) is 14.0. The van der Waals surface area contributed by atoms with Gasteiger partial charge in [0.05, 0.1) is 16.5 Å². The van der Waals surface area contributed by atoms with Crippen LogP contribution in [0.25, 0.3) is 0 Å². The van der Waals surface area contributed by atoms with Crippen LogP contribution < -0.4 is 14.9 Å². The first kappa shape index (κ1) is 43.0. The number of sulfone groups is 1. The van der Waals surface area contributed by atoms with Gasteiger partial charge in [0.2, 0.25) is 0 Å². The number of thioether (sulfide) groups is 1. The Bertz CT molecular complexity index is 2070. The highest BCUT2D eigenvalue weighted by atomic mass is 32.2. The summed E-state index contributed by atoms with van der Waals surface area (Å²) >= 11 is 1.40. The van der Waals surface area contributed by atoms with Gasteiger partial charge in [-0.1, -0.05) is 30.4 Å². The normalized spacial score (nSPS) is 17.0. The largest absolute Gasteiger partial charge is 0.501 e. The minimum absolute atomic E-state index is 0.0226. The zero-order valence-electron chi connectivity index (χ0n) is 30.9. The van der Waals surface area contributed by atoms with E-state index in [9.17, 15) is 44.7 Å². The molecule has 1 atom stereocenters. The number of carbonyl (C=O) groups excluding carboxylic acids is 1. The van der Waals surface area contributed by atoms with Crippen LogP contribution in [0.15, 0.2) is 99.6 Å². The molecule has 2 heterocycles. The third-order valence-corrected chi connectivity index (χ3v) is 13.8. The highest BCUT2D eigenvalue weighted by Crippen LogP contribution is 2.37. The molecule has 2 aliphatic rings. The van der Waals surface area contributed by atoms with Crippen molar-refractivity contribution < 1.29 is 44.7 Å². The topological polar surface area (TPSA) is 156 Å². The molecule has 304 valence electrons. The quantitative estimate of drug-likeness (QED) is 0.122. The molecule has 12 nitrogen and oxygen atoms in total. The number of sulfonamides is 1. The molecule has 18 heteroatoms. The highest BCUT2D eigenvalue weighted by molar-refractivity contribution is 7.99. The number of likely N-dealkylation sites (tertiary alicyclic amines) is 1. The van der Waals surface area contributed by atoms with Gasteiger partial charge in [0.25, 0.3) is 25.8 Å². The van der Waals surface area contributed by atoms with Crippen LogP contribution in [0.5, 0.6) is 0 Å². The van der Waals surface area contributed by atoms with E-state index < -0.39 is 64.7 Å². The summed E-state index contributed by atoms with van der Waals surface area (Å²) in [6.45, 7) is 11.3. The Morgan fingerprint density at radius 3 is 2.14 bits per heavy atom. The molecule has 2 fully saturated rings. The van der Waals surface area contributed by atoms with Gasteiger partial charge >= 0.3 is 11.5 Å². The molecule has 0 aliphatic carbocycles. The van der Waals surface area contributed by atoms with Crippen molar-refractivity contribution in [2.45, 2.75) is 52.4 Å². The van der Waals surface area contributed by atoms with Gasteiger partial charge in [0, 0.05) is 67.2 Å². The first-order valence-corrected chi connectivity index (χ1v) is 22.0. The molecule has 3 aromatic carbocycles. The summed E-state index contributed by atoms with van der Waals surface area (Å²) in [5, 5.41) is 12.3. The Balaban J connectivity index is 1.34. The SMILES string of the molecule is C=C(C)CN1CCN(c2ccc(C(=O)NS(=O)(=O)c3ccc(N[C@H](CCN4CCC(C(=O)O)CC4)CSc4ccccc4)c(S(=O)(=O)C(F)(F)F)c3)cc2)CC1. The van der Waals surface area contributed by atoms with Crippen LogP contribution in [0.2, 0.25) is 0 Å². The molecular weight excluding hydrogens is 792 g/mol. The third kappa shape index (κ3) is 11.3. The number of rotatable bonds is 16. The minimum atomic E-state index is -6.08. The number of anilines is 2. The lowest BCUT2D eigenvalue weighted by Gasteiger charge is -2.36. The summed E-state index contributed by atoms with van der Waals surface area (Å²) in [6, 6.07) is 17.1. The summed E-state index contributed by atoms with van der Waals surface area (Å²) < 4.78 is 96.8. The van der Waals surface area contributed by atoms with Gasteiger partial charge in [0.1, 0.15) is 4.90 Å². The van der Waals surface area contributed by atoms with Gasteiger partial charge < -0.3 is 20.2 Å². The number of carbonyl (C=O) groups is 2. The van der Waals surface area contributed by atoms with Gasteiger partial charge in [-0.25, -0.2) is 21.6 Å². The second kappa shape index (κ2) is 18.4. The number of amides is 1. The number of carboxylic acid groups (broad SMARTS) is 1. The van der Waals surface area contributed by atoms with Crippen LogP contribution in [0.4, 0.5) is 24.5 Å². The number of aliphatic carboxylic acids is 1. The fourth-order valence-corrected chi connectivity index (χ4v) is 9.63. The molecule has 0 spiro atoms. The molecule has 3 aromatic rings. The summed E-state index contributed by atoms with van der Waals surface area (Å²) in [5.41, 5.74) is -4.35. The van der Waals surface area contributed by atoms with E-state index in [0.717, 1.165) is 61.0 Å². The van der Waals surface area contributed by atoms with Crippen molar-refractivity contribution in [2.24, 2.45) is 5.92 Å². The zero-order chi connectivity index (χ0) is 40.7. The van der Waals surface area contributed by atoms with E-state index in [1.54, 1.807) is 12.1 Å². The molecule has 0 aromatic heterocycles. The summed E-state index contributed by atoms with van der Waals surface area (Å²) in [6.07, 6.45) is 1.25. The Kier molecular flexibility index (Phi) is 14.2. The van der Waals surface area contributed by atoms with Gasteiger partial charge in [-0.15, -0.1) is 11.8 Å². The van der Waals surface area contributed by atoms with E-state index in [4.69, 9.17) is 0 Å². The van der Waals surface area contributed by atoms with Gasteiger partial charge in [-0.05, 0) is 93.9 Å². The lowest BCUT2D eigenvalue weighted by Crippen LogP contribution is -2.46. The van der Waals surface area contributed by atoms with E-state index in [1.807, 2.05) is 46.9 Å². The smallest absolute Gasteiger partial charge is 0.481 e. The maximum absolute atomic E-state index is 14.1. The Morgan fingerprint density at radius 1 is 0.911 bits per heavy atom. The predicted molar refractivity (Wildman–Crippen MR) is 210 cm³/mol. The second-order valence-corrected chi connectivity index (χ2v) is 18.7. The number of nitrogens with zero attached hydrogens (tertiary/aromatic N) is 3. The van der Waals surface area contributed by atoms with E-state index in [1.165, 1.54) is 23.9 Å². The summed E-state index contributed by atoms with van der Waals surface area (Å²) in [7, 11) is -10.9. The molecule has 0 saturated carbocycles. The highest BCUT2D eigenvalue weighted by Gasteiger charge is 2.48. The molecule has 56 heavy (non-hydrogen) atoms. The summed E-state index contributed by atoms with van der Waals surface area (Å²) in [5.74, 6) is -2.05. The predicted octanol–water partition coefficient (Wildman–Crippen LogP) is 5.56. The first-order valence-electron chi connectivity index (χ1n) is 18.1. The molecule has 0 unspecified atom stereocenters.